The molecule has 10 heteroatoms. The van der Waals surface area contributed by atoms with Crippen molar-refractivity contribution in [3.8, 4) is 0 Å². The normalized spacial score (nSPS) is 25.7. The monoisotopic (exact) mass is 765 g/mol. The summed E-state index contributed by atoms with van der Waals surface area (Å²) in [6.45, 7) is 11.3. The molecule has 3 aliphatic rings. The Balaban J connectivity index is 1.04. The average Bonchev–Trinajstić information content (AvgIpc) is 3.40. The summed E-state index contributed by atoms with van der Waals surface area (Å²) in [6.07, 6.45) is 3.83. The lowest BCUT2D eigenvalue weighted by Crippen LogP contribution is -2.47. The Morgan fingerprint density at radius 3 is 2.22 bits per heavy atom. The molecule has 2 saturated heterocycles. The zero-order valence-electron chi connectivity index (χ0n) is 32.4. The van der Waals surface area contributed by atoms with Crippen molar-refractivity contribution in [1.29, 1.82) is 0 Å². The first-order valence-electron chi connectivity index (χ1n) is 19.5. The van der Waals surface area contributed by atoms with Gasteiger partial charge in [0.1, 0.15) is 6.04 Å². The van der Waals surface area contributed by atoms with Gasteiger partial charge in [-0.15, -0.1) is 0 Å². The minimum absolute atomic E-state index is 0.00481. The smallest absolute Gasteiger partial charge is 0.241 e. The molecule has 3 fully saturated rings. The molecule has 55 heavy (non-hydrogen) atoms. The molecule has 0 aromatic heterocycles. The van der Waals surface area contributed by atoms with Gasteiger partial charge in [-0.25, -0.2) is 8.42 Å². The Morgan fingerprint density at radius 1 is 0.855 bits per heavy atom. The summed E-state index contributed by atoms with van der Waals surface area (Å²) in [5.74, 6) is -0.413. The van der Waals surface area contributed by atoms with E-state index in [4.69, 9.17) is 9.47 Å². The third kappa shape index (κ3) is 9.74. The van der Waals surface area contributed by atoms with E-state index in [0.29, 0.717) is 16.9 Å². The molecule has 0 radical (unpaired) electrons. The van der Waals surface area contributed by atoms with E-state index in [0.717, 1.165) is 52.9 Å². The first-order chi connectivity index (χ1) is 26.3. The van der Waals surface area contributed by atoms with Crippen molar-refractivity contribution < 1.29 is 27.8 Å². The predicted molar refractivity (Wildman–Crippen MR) is 213 cm³/mol. The maximum absolute atomic E-state index is 13.6. The van der Waals surface area contributed by atoms with Gasteiger partial charge < -0.3 is 19.9 Å². The summed E-state index contributed by atoms with van der Waals surface area (Å²) in [7, 11) is -3.95. The molecule has 2 unspecified atom stereocenters. The van der Waals surface area contributed by atoms with E-state index >= 15 is 0 Å². The summed E-state index contributed by atoms with van der Waals surface area (Å²) < 4.78 is 42.7. The number of hydrogen-bond donors (Lipinski definition) is 3. The Kier molecular flexibility index (Phi) is 11.7. The number of aliphatic hydroxyl groups excluding tert-OH is 1. The van der Waals surface area contributed by atoms with Crippen LogP contribution in [0.15, 0.2) is 108 Å². The lowest BCUT2D eigenvalue weighted by Gasteiger charge is -2.41. The van der Waals surface area contributed by atoms with Gasteiger partial charge >= 0.3 is 0 Å². The van der Waals surface area contributed by atoms with E-state index in [2.05, 4.69) is 35.7 Å². The molecule has 2 heterocycles. The number of carbonyl (C=O) groups excluding carboxylic acids is 1. The first-order valence-corrected chi connectivity index (χ1v) is 21.0. The van der Waals surface area contributed by atoms with E-state index in [-0.39, 0.29) is 36.7 Å². The number of carbonyl (C=O) groups is 1. The first kappa shape index (κ1) is 39.3. The van der Waals surface area contributed by atoms with Crippen molar-refractivity contribution in [3.63, 3.8) is 0 Å². The average molecular weight is 766 g/mol. The Hall–Kier alpha value is -3.90. The number of sulfonamides is 1. The quantitative estimate of drug-likeness (QED) is 0.133. The number of nitrogens with one attached hydrogen (secondary N) is 2. The van der Waals surface area contributed by atoms with Gasteiger partial charge in [0.05, 0.1) is 23.7 Å². The van der Waals surface area contributed by atoms with E-state index in [9.17, 15) is 18.3 Å². The van der Waals surface area contributed by atoms with Crippen LogP contribution in [-0.2, 0) is 43.9 Å². The number of hydrogen-bond acceptors (Lipinski definition) is 7. The molecule has 0 spiro atoms. The molecule has 7 rings (SSSR count). The number of likely N-dealkylation sites (tertiary alicyclic amines) is 1. The second-order valence-electron chi connectivity index (χ2n) is 17.1. The number of aliphatic hydroxyl groups is 1. The highest BCUT2D eigenvalue weighted by molar-refractivity contribution is 7.89. The molecule has 1 amide bonds. The molecule has 3 N–H and O–H groups in total. The fourth-order valence-corrected chi connectivity index (χ4v) is 10.4. The molecule has 9 nitrogen and oxygen atoms in total. The van der Waals surface area contributed by atoms with Crippen molar-refractivity contribution in [2.45, 2.75) is 108 Å². The number of nitrogens with zero attached hydrogens (tertiary/aromatic N) is 1. The number of aryl methyl sites for hydroxylation is 1. The van der Waals surface area contributed by atoms with Crippen LogP contribution in [0.25, 0.3) is 0 Å². The van der Waals surface area contributed by atoms with Gasteiger partial charge in [-0.1, -0.05) is 117 Å². The summed E-state index contributed by atoms with van der Waals surface area (Å²) in [5, 5.41) is 12.6. The Labute approximate surface area is 326 Å². The largest absolute Gasteiger partial charge is 0.392 e. The van der Waals surface area contributed by atoms with Gasteiger partial charge in [0.25, 0.3) is 0 Å². The second kappa shape index (κ2) is 16.3. The number of amides is 1. The van der Waals surface area contributed by atoms with E-state index < -0.39 is 28.3 Å². The fraction of sp³-hybridized carbons (Fsp3) is 0.444. The fourth-order valence-electron chi connectivity index (χ4n) is 9.20. The summed E-state index contributed by atoms with van der Waals surface area (Å²) in [5.41, 5.74) is 6.13. The number of rotatable bonds is 13. The summed E-state index contributed by atoms with van der Waals surface area (Å²) in [4.78, 5) is 16.4. The molecule has 1 aliphatic carbocycles. The number of benzene rings is 4. The van der Waals surface area contributed by atoms with Gasteiger partial charge in [0, 0.05) is 37.7 Å². The highest BCUT2D eigenvalue weighted by atomic mass is 32.2. The van der Waals surface area contributed by atoms with Crippen LogP contribution in [0, 0.1) is 17.8 Å². The molecule has 4 aromatic carbocycles. The van der Waals surface area contributed by atoms with Crippen LogP contribution in [-0.4, -0.2) is 55.6 Å². The van der Waals surface area contributed by atoms with Crippen LogP contribution in [0.3, 0.4) is 0 Å². The van der Waals surface area contributed by atoms with Gasteiger partial charge in [-0.3, -0.25) is 9.69 Å². The molecule has 292 valence electrons. The SMILES string of the molecule is Cc1ccc(S(=O)(=O)N[C@H](Cc2ccccc2)C(=O)NCc2ccc([C@@H]3O[C@H](CN4CC5(C)CC4CC(C)(C)C5)C[C@H](c4ccc(CO)cc4)O3)cc2)cc1. The molecule has 6 atom stereocenters. The van der Waals surface area contributed by atoms with Crippen LogP contribution in [0.1, 0.15) is 92.2 Å². The lowest BCUT2D eigenvalue weighted by molar-refractivity contribution is -0.253. The van der Waals surface area contributed by atoms with E-state index in [1.54, 1.807) is 24.3 Å². The minimum atomic E-state index is -3.95. The van der Waals surface area contributed by atoms with Crippen molar-refractivity contribution in [2.24, 2.45) is 10.8 Å². The standard InChI is InChI=1S/C45H55N3O6S/c1-31-10-20-39(21-11-31)55(51,52)47-40(22-32-8-6-5-7-9-32)42(50)46-26-33-12-18-36(19-13-33)43-53-38(23-41(54-43)35-16-14-34(28-49)15-17-35)27-48-30-45(4)25-37(48)24-44(2,3)29-45/h5-21,37-38,40-41,43,47,49H,22-30H2,1-4H3,(H,46,50)/t37?,38-,40+,41+,43+,45?/m0/s1. The van der Waals surface area contributed by atoms with Crippen LogP contribution in [0.5, 0.6) is 0 Å². The topological polar surface area (TPSA) is 117 Å². The molecule has 1 saturated carbocycles. The van der Waals surface area contributed by atoms with Crippen LogP contribution in [0.4, 0.5) is 0 Å². The maximum atomic E-state index is 13.6. The van der Waals surface area contributed by atoms with Crippen molar-refractivity contribution in [2.75, 3.05) is 13.1 Å². The van der Waals surface area contributed by atoms with E-state index in [1.807, 2.05) is 85.8 Å². The second-order valence-corrected chi connectivity index (χ2v) is 18.8. The van der Waals surface area contributed by atoms with Crippen molar-refractivity contribution in [3.05, 3.63) is 137 Å². The van der Waals surface area contributed by atoms with Crippen molar-refractivity contribution >= 4 is 15.9 Å². The van der Waals surface area contributed by atoms with Crippen LogP contribution in [0.2, 0.25) is 0 Å². The minimum Gasteiger partial charge on any atom is -0.392 e. The molecule has 4 aromatic rings. The maximum Gasteiger partial charge on any atom is 0.241 e. The highest BCUT2D eigenvalue weighted by Gasteiger charge is 2.50. The molecule has 2 bridgehead atoms. The highest BCUT2D eigenvalue weighted by Crippen LogP contribution is 2.53. The van der Waals surface area contributed by atoms with Gasteiger partial charge in [0.15, 0.2) is 6.29 Å². The van der Waals surface area contributed by atoms with Gasteiger partial charge in [0.2, 0.25) is 15.9 Å². The van der Waals surface area contributed by atoms with Gasteiger partial charge in [-0.05, 0) is 77.8 Å². The summed E-state index contributed by atoms with van der Waals surface area (Å²) >= 11 is 0. The number of fused-ring (bicyclic) bond motifs is 2. The zero-order chi connectivity index (χ0) is 38.8. The van der Waals surface area contributed by atoms with Gasteiger partial charge in [-0.2, -0.15) is 4.72 Å². The molecule has 2 aliphatic heterocycles. The van der Waals surface area contributed by atoms with Crippen LogP contribution < -0.4 is 10.0 Å². The third-order valence-electron chi connectivity index (χ3n) is 11.5. The van der Waals surface area contributed by atoms with Crippen LogP contribution >= 0.6 is 0 Å². The summed E-state index contributed by atoms with van der Waals surface area (Å²) in [6, 6.07) is 31.3. The molecular formula is C45H55N3O6S. The third-order valence-corrected chi connectivity index (χ3v) is 13.0. The Bertz CT molecular complexity index is 2020. The van der Waals surface area contributed by atoms with Crippen molar-refractivity contribution in [1.82, 2.24) is 14.9 Å². The Morgan fingerprint density at radius 2 is 1.53 bits per heavy atom. The predicted octanol–water partition coefficient (Wildman–Crippen LogP) is 7.14. The number of ether oxygens (including phenoxy) is 2. The zero-order valence-corrected chi connectivity index (χ0v) is 33.2. The molecular weight excluding hydrogens is 711 g/mol. The van der Waals surface area contributed by atoms with E-state index in [1.165, 1.54) is 19.3 Å². The lowest BCUT2D eigenvalue weighted by atomic mass is 9.65.